The molecule has 0 saturated carbocycles. The summed E-state index contributed by atoms with van der Waals surface area (Å²) in [5, 5.41) is 11.8. The van der Waals surface area contributed by atoms with E-state index in [9.17, 15) is 0 Å². The van der Waals surface area contributed by atoms with Crippen molar-refractivity contribution in [2.75, 3.05) is 9.80 Å². The topological polar surface area (TPSA) is 29.5 Å². The van der Waals surface area contributed by atoms with Gasteiger partial charge in [-0.2, -0.15) is 0 Å². The third-order valence-electron chi connectivity index (χ3n) is 25.8. The third-order valence-corrected chi connectivity index (χ3v) is 25.8. The van der Waals surface area contributed by atoms with Gasteiger partial charge < -0.3 is 23.4 Å². The van der Waals surface area contributed by atoms with Crippen LogP contribution in [0.1, 0.15) is 0 Å². The van der Waals surface area contributed by atoms with E-state index in [0.717, 1.165) is 179 Å². The highest BCUT2D eigenvalue weighted by atomic mass is 16.3. The number of nitrogens with zero attached hydrogens (tertiary/aromatic N) is 4. The van der Waals surface area contributed by atoms with Gasteiger partial charge in [-0.1, -0.05) is 334 Å². The number of anilines is 6. The lowest BCUT2D eigenvalue weighted by Crippen LogP contribution is -2.61. The van der Waals surface area contributed by atoms with Crippen molar-refractivity contribution in [3.05, 3.63) is 443 Å². The lowest BCUT2D eigenvalue weighted by atomic mass is 9.33. The van der Waals surface area contributed by atoms with Gasteiger partial charge in [0.1, 0.15) is 11.2 Å². The van der Waals surface area contributed by atoms with Crippen LogP contribution in [-0.2, 0) is 0 Å². The Morgan fingerprint density at radius 2 is 0.590 bits per heavy atom. The predicted octanol–water partition coefficient (Wildman–Crippen LogP) is 29.5. The zero-order chi connectivity index (χ0) is 80.0. The largest absolute Gasteiger partial charge is 0.456 e. The number of hydrogen-bond acceptors (Lipinski definition) is 3. The van der Waals surface area contributed by atoms with Gasteiger partial charge in [-0.3, -0.25) is 0 Å². The molecule has 5 heterocycles. The van der Waals surface area contributed by atoms with Gasteiger partial charge in [-0.25, -0.2) is 0 Å². The van der Waals surface area contributed by atoms with Crippen LogP contribution < -0.4 is 26.2 Å². The van der Waals surface area contributed by atoms with Crippen LogP contribution >= 0.6 is 0 Å². The van der Waals surface area contributed by atoms with Crippen LogP contribution in [0.15, 0.2) is 447 Å². The molecule has 6 heteroatoms. The molecule has 0 aliphatic carbocycles. The first-order chi connectivity index (χ1) is 60.5. The van der Waals surface area contributed by atoms with Crippen molar-refractivity contribution in [2.24, 2.45) is 0 Å². The van der Waals surface area contributed by atoms with Crippen molar-refractivity contribution in [1.82, 2.24) is 9.13 Å². The van der Waals surface area contributed by atoms with E-state index in [1.165, 1.54) is 59.5 Å². The molecular formula is C116H73BN4O. The Labute approximate surface area is 706 Å². The van der Waals surface area contributed by atoms with Gasteiger partial charge in [0.2, 0.25) is 0 Å². The summed E-state index contributed by atoms with van der Waals surface area (Å²) in [5.74, 6) is 0. The fourth-order valence-corrected chi connectivity index (χ4v) is 20.5. The van der Waals surface area contributed by atoms with E-state index in [-0.39, 0.29) is 0 Å². The lowest BCUT2D eigenvalue weighted by molar-refractivity contribution is 0.669. The van der Waals surface area contributed by atoms with Crippen LogP contribution in [-0.4, -0.2) is 15.8 Å². The number of aromatic nitrogens is 2. The highest BCUT2D eigenvalue weighted by Gasteiger charge is 2.46. The van der Waals surface area contributed by atoms with Crippen LogP contribution in [0.4, 0.5) is 34.1 Å². The first kappa shape index (κ1) is 69.1. The Morgan fingerprint density at radius 3 is 1.16 bits per heavy atom. The van der Waals surface area contributed by atoms with E-state index in [1.54, 1.807) is 0 Å². The Balaban J connectivity index is 0.857. The molecule has 122 heavy (non-hydrogen) atoms. The smallest absolute Gasteiger partial charge is 0.252 e. The predicted molar refractivity (Wildman–Crippen MR) is 515 cm³/mol. The van der Waals surface area contributed by atoms with Gasteiger partial charge >= 0.3 is 0 Å². The van der Waals surface area contributed by atoms with Gasteiger partial charge in [0.15, 0.2) is 0 Å². The Morgan fingerprint density at radius 1 is 0.197 bits per heavy atom. The molecule has 0 atom stereocenters. The summed E-state index contributed by atoms with van der Waals surface area (Å²) in [7, 11) is 0. The SMILES string of the molecule is c1ccc(-c2cc(-c3ccccc3)c(N3c4ccc(-c5cccc6c5c5ccccc5n6-c5ccccc5)cc4B4c5cc(-c6cccc7c6c6ccccc6n7-c6ccccc6)ccc5N(c5c(-c6ccccc6)cccc5-c5ccc6c(ccc7ccccc76)c5)c5cc(-c6ccc7oc8ccccc8c7c6)cc3c54)c(-c3ccccc3)c2)cc1. The molecule has 0 unspecified atom stereocenters. The quantitative estimate of drug-likeness (QED) is 0.0902. The summed E-state index contributed by atoms with van der Waals surface area (Å²) in [4.78, 5) is 5.41. The second kappa shape index (κ2) is 27.8. The Bertz CT molecular complexity index is 8140. The second-order valence-corrected chi connectivity index (χ2v) is 32.5. The molecule has 0 fully saturated rings. The molecule has 0 N–H and O–H groups in total. The maximum atomic E-state index is 6.74. The second-order valence-electron chi connectivity index (χ2n) is 32.5. The number of para-hydroxylation sites is 6. The molecule has 25 rings (SSSR count). The van der Waals surface area contributed by atoms with E-state index in [1.807, 2.05) is 0 Å². The van der Waals surface area contributed by atoms with Crippen molar-refractivity contribution in [3.63, 3.8) is 0 Å². The van der Waals surface area contributed by atoms with Crippen LogP contribution in [0.5, 0.6) is 0 Å². The number of rotatable bonds is 12. The molecule has 5 nitrogen and oxygen atoms in total. The lowest BCUT2D eigenvalue weighted by Gasteiger charge is -2.46. The molecule has 0 amide bonds. The minimum absolute atomic E-state index is 0.397. The highest BCUT2D eigenvalue weighted by molar-refractivity contribution is 7.00. The summed E-state index contributed by atoms with van der Waals surface area (Å²) in [5.41, 5.74) is 36.3. The zero-order valence-electron chi connectivity index (χ0n) is 66.4. The molecule has 0 saturated heterocycles. The standard InChI is InChI=1S/C116H73BN4O/c1-7-30-74(31-8-1)84-68-97(76-34-11-3-12-35-76)116(98(69-84)77-36-13-4-14-37-77)121-105-64-60-83(91-48-29-54-107-113(91)96-46-22-25-52-103(96)119(107)87-41-17-6-18-42-87)71-101(105)117-100-70-82(90-47-28-53-106-112(90)95-45-21-24-51-102(95)118(106)86-39-15-5-16-40-86)59-63-104(100)120(108-72-85(73-109(121)114(108)117)79-61-65-111-99(67-79)94-44-23-26-55-110(94)122-111)115-92(75-32-9-2-10-33-75)49-27-50-93(115)81-58-62-89-80(66-81)57-56-78-38-19-20-43-88(78)89/h1-73H. The Kier molecular flexibility index (Phi) is 15.8. The van der Waals surface area contributed by atoms with Gasteiger partial charge in [-0.05, 0) is 214 Å². The molecule has 23 aromatic rings. The van der Waals surface area contributed by atoms with Gasteiger partial charge in [-0.15, -0.1) is 0 Å². The van der Waals surface area contributed by atoms with Crippen LogP contribution in [0.25, 0.3) is 187 Å². The summed E-state index contributed by atoms with van der Waals surface area (Å²) in [6.45, 7) is -0.397. The van der Waals surface area contributed by atoms with Gasteiger partial charge in [0, 0.05) is 88.7 Å². The summed E-state index contributed by atoms with van der Waals surface area (Å²) < 4.78 is 11.6. The van der Waals surface area contributed by atoms with Crippen molar-refractivity contribution in [1.29, 1.82) is 0 Å². The van der Waals surface area contributed by atoms with Crippen molar-refractivity contribution >= 4 is 144 Å². The first-order valence-corrected chi connectivity index (χ1v) is 42.1. The summed E-state index contributed by atoms with van der Waals surface area (Å²) >= 11 is 0. The summed E-state index contributed by atoms with van der Waals surface area (Å²) in [6, 6.07) is 166. The van der Waals surface area contributed by atoms with Crippen molar-refractivity contribution < 1.29 is 4.42 Å². The van der Waals surface area contributed by atoms with E-state index in [2.05, 4.69) is 462 Å². The van der Waals surface area contributed by atoms with E-state index >= 15 is 0 Å². The molecule has 2 aliphatic rings. The number of benzene rings is 20. The minimum atomic E-state index is -0.397. The van der Waals surface area contributed by atoms with Gasteiger partial charge in [0.25, 0.3) is 6.71 Å². The third kappa shape index (κ3) is 10.8. The molecule has 20 aromatic carbocycles. The van der Waals surface area contributed by atoms with Gasteiger partial charge in [0.05, 0.1) is 33.4 Å². The highest BCUT2D eigenvalue weighted by Crippen LogP contribution is 2.56. The maximum Gasteiger partial charge on any atom is 0.252 e. The molecule has 3 aromatic heterocycles. The fraction of sp³-hybridized carbons (Fsp3) is 0. The maximum absolute atomic E-state index is 6.74. The average Bonchev–Trinajstić information content (AvgIpc) is 0.696. The minimum Gasteiger partial charge on any atom is -0.456 e. The molecule has 566 valence electrons. The van der Waals surface area contributed by atoms with Crippen molar-refractivity contribution in [3.8, 4) is 100 Å². The summed E-state index contributed by atoms with van der Waals surface area (Å²) in [6.07, 6.45) is 0. The zero-order valence-corrected chi connectivity index (χ0v) is 66.4. The van der Waals surface area contributed by atoms with Crippen LogP contribution in [0, 0.1) is 0 Å². The van der Waals surface area contributed by atoms with E-state index < -0.39 is 6.71 Å². The monoisotopic (exact) mass is 1550 g/mol. The molecule has 2 aliphatic heterocycles. The number of fused-ring (bicyclic) bond motifs is 16. The number of furan rings is 1. The van der Waals surface area contributed by atoms with E-state index in [0.29, 0.717) is 0 Å². The molecular weight excluding hydrogens is 1480 g/mol. The van der Waals surface area contributed by atoms with E-state index in [4.69, 9.17) is 4.42 Å². The first-order valence-electron chi connectivity index (χ1n) is 42.1. The molecule has 0 bridgehead atoms. The van der Waals surface area contributed by atoms with Crippen LogP contribution in [0.2, 0.25) is 0 Å². The fourth-order valence-electron chi connectivity index (χ4n) is 20.5. The molecule has 0 spiro atoms. The number of hydrogen-bond donors (Lipinski definition) is 0. The average molecular weight is 1550 g/mol. The van der Waals surface area contributed by atoms with Crippen molar-refractivity contribution in [2.45, 2.75) is 0 Å². The van der Waals surface area contributed by atoms with Crippen LogP contribution in [0.3, 0.4) is 0 Å². The normalized spacial score (nSPS) is 12.4. The Hall–Kier alpha value is -16.0. The molecule has 0 radical (unpaired) electrons.